The van der Waals surface area contributed by atoms with E-state index in [1.807, 2.05) is 0 Å². The molecule has 2 atom stereocenters. The fourth-order valence-electron chi connectivity index (χ4n) is 3.29. The van der Waals surface area contributed by atoms with Gasteiger partial charge in [-0.15, -0.1) is 0 Å². The van der Waals surface area contributed by atoms with Gasteiger partial charge in [0, 0.05) is 24.7 Å². The molecule has 2 unspecified atom stereocenters. The van der Waals surface area contributed by atoms with Crippen LogP contribution in [0.4, 0.5) is 0 Å². The molecule has 94 valence electrons. The summed E-state index contributed by atoms with van der Waals surface area (Å²) >= 11 is 0. The van der Waals surface area contributed by atoms with E-state index in [4.69, 9.17) is 0 Å². The maximum absolute atomic E-state index is 3.85. The molecule has 2 aliphatic rings. The number of hydrogen-bond donors (Lipinski definition) is 1. The van der Waals surface area contributed by atoms with Crippen molar-refractivity contribution in [3.63, 3.8) is 0 Å². The lowest BCUT2D eigenvalue weighted by Gasteiger charge is -2.26. The Hall–Kier alpha value is -0.0800. The molecule has 1 aliphatic carbocycles. The number of nitrogens with zero attached hydrogens (tertiary/aromatic N) is 1. The van der Waals surface area contributed by atoms with Crippen molar-refractivity contribution in [1.82, 2.24) is 10.2 Å². The molecule has 2 rings (SSSR count). The number of hydrogen-bond acceptors (Lipinski definition) is 2. The van der Waals surface area contributed by atoms with E-state index in [9.17, 15) is 0 Å². The number of rotatable bonds is 4. The number of nitrogens with one attached hydrogen (secondary N) is 1. The van der Waals surface area contributed by atoms with Crippen molar-refractivity contribution >= 4 is 0 Å². The molecule has 1 saturated carbocycles. The molecule has 0 spiro atoms. The van der Waals surface area contributed by atoms with Crippen LogP contribution < -0.4 is 5.32 Å². The Morgan fingerprint density at radius 1 is 1.06 bits per heavy atom. The molecule has 0 bridgehead atoms. The predicted molar refractivity (Wildman–Crippen MR) is 69.7 cm³/mol. The minimum absolute atomic E-state index is 0.715. The van der Waals surface area contributed by atoms with E-state index < -0.39 is 0 Å². The summed E-state index contributed by atoms with van der Waals surface area (Å²) in [6.45, 7) is 9.64. The van der Waals surface area contributed by atoms with Gasteiger partial charge in [-0.05, 0) is 52.5 Å². The zero-order valence-electron chi connectivity index (χ0n) is 11.2. The summed E-state index contributed by atoms with van der Waals surface area (Å²) < 4.78 is 0. The smallest absolute Gasteiger partial charge is 0.00822 e. The van der Waals surface area contributed by atoms with E-state index in [0.29, 0.717) is 6.04 Å². The quantitative estimate of drug-likeness (QED) is 0.790. The van der Waals surface area contributed by atoms with Crippen LogP contribution in [0, 0.1) is 5.92 Å². The summed E-state index contributed by atoms with van der Waals surface area (Å²) in [4.78, 5) is 2.62. The van der Waals surface area contributed by atoms with Crippen LogP contribution in [0.3, 0.4) is 0 Å². The van der Waals surface area contributed by atoms with Crippen LogP contribution in [0.1, 0.15) is 52.9 Å². The summed E-state index contributed by atoms with van der Waals surface area (Å²) in [6, 6.07) is 2.26. The highest BCUT2D eigenvalue weighted by Gasteiger charge is 2.29. The molecule has 1 heterocycles. The summed E-state index contributed by atoms with van der Waals surface area (Å²) in [6.07, 6.45) is 7.08. The van der Waals surface area contributed by atoms with Gasteiger partial charge in [0.1, 0.15) is 0 Å². The molecule has 2 nitrogen and oxygen atoms in total. The molecule has 1 aliphatic heterocycles. The van der Waals surface area contributed by atoms with Crippen molar-refractivity contribution < 1.29 is 0 Å². The van der Waals surface area contributed by atoms with E-state index in [1.165, 1.54) is 45.2 Å². The van der Waals surface area contributed by atoms with Gasteiger partial charge >= 0.3 is 0 Å². The Kier molecular flexibility index (Phi) is 4.26. The van der Waals surface area contributed by atoms with Gasteiger partial charge < -0.3 is 10.2 Å². The van der Waals surface area contributed by atoms with Crippen LogP contribution in [0.15, 0.2) is 0 Å². The van der Waals surface area contributed by atoms with Gasteiger partial charge in [-0.2, -0.15) is 0 Å². The van der Waals surface area contributed by atoms with Crippen LogP contribution in [0.25, 0.3) is 0 Å². The Bertz CT molecular complexity index is 209. The van der Waals surface area contributed by atoms with E-state index in [1.54, 1.807) is 0 Å². The third kappa shape index (κ3) is 2.98. The van der Waals surface area contributed by atoms with Gasteiger partial charge in [-0.3, -0.25) is 0 Å². The van der Waals surface area contributed by atoms with E-state index in [0.717, 1.165) is 18.0 Å². The van der Waals surface area contributed by atoms with Gasteiger partial charge in [0.15, 0.2) is 0 Å². The maximum Gasteiger partial charge on any atom is 0.00822 e. The first-order chi connectivity index (χ1) is 7.66. The lowest BCUT2D eigenvalue weighted by atomic mass is 9.99. The summed E-state index contributed by atoms with van der Waals surface area (Å²) in [7, 11) is 0. The molecule has 1 N–H and O–H groups in total. The van der Waals surface area contributed by atoms with Gasteiger partial charge in [-0.25, -0.2) is 0 Å². The summed E-state index contributed by atoms with van der Waals surface area (Å²) in [5.41, 5.74) is 0. The molecule has 0 amide bonds. The third-order valence-corrected chi connectivity index (χ3v) is 4.55. The predicted octanol–water partition coefficient (Wildman–Crippen LogP) is 2.64. The molecule has 0 aromatic carbocycles. The molecular weight excluding hydrogens is 196 g/mol. The first-order valence-electron chi connectivity index (χ1n) is 7.17. The zero-order valence-corrected chi connectivity index (χ0v) is 11.2. The van der Waals surface area contributed by atoms with E-state index >= 15 is 0 Å². The van der Waals surface area contributed by atoms with Gasteiger partial charge in [0.25, 0.3) is 0 Å². The molecule has 1 saturated heterocycles. The lowest BCUT2D eigenvalue weighted by molar-refractivity contribution is 0.250. The topological polar surface area (TPSA) is 15.3 Å². The zero-order chi connectivity index (χ0) is 11.5. The van der Waals surface area contributed by atoms with E-state index in [-0.39, 0.29) is 0 Å². The van der Waals surface area contributed by atoms with Crippen LogP contribution in [-0.4, -0.2) is 36.1 Å². The monoisotopic (exact) mass is 224 g/mol. The van der Waals surface area contributed by atoms with Crippen LogP contribution in [-0.2, 0) is 0 Å². The maximum atomic E-state index is 3.85. The van der Waals surface area contributed by atoms with Crippen molar-refractivity contribution in [3.05, 3.63) is 0 Å². The first-order valence-corrected chi connectivity index (χ1v) is 7.17. The molecule has 0 radical (unpaired) electrons. The highest BCUT2D eigenvalue weighted by molar-refractivity contribution is 4.86. The molecule has 2 fully saturated rings. The van der Waals surface area contributed by atoms with Crippen molar-refractivity contribution in [2.75, 3.05) is 13.1 Å². The van der Waals surface area contributed by atoms with Crippen LogP contribution in [0.5, 0.6) is 0 Å². The second-order valence-electron chi connectivity index (χ2n) is 6.07. The fraction of sp³-hybridized carbons (Fsp3) is 1.00. The average molecular weight is 224 g/mol. The largest absolute Gasteiger partial charge is 0.311 e. The minimum Gasteiger partial charge on any atom is -0.311 e. The number of likely N-dealkylation sites (tertiary alicyclic amines) is 1. The third-order valence-electron chi connectivity index (χ3n) is 4.55. The van der Waals surface area contributed by atoms with Crippen LogP contribution in [0.2, 0.25) is 0 Å². The van der Waals surface area contributed by atoms with E-state index in [2.05, 4.69) is 31.0 Å². The lowest BCUT2D eigenvalue weighted by Crippen LogP contribution is -2.41. The first kappa shape index (κ1) is 12.4. The van der Waals surface area contributed by atoms with Crippen molar-refractivity contribution in [3.8, 4) is 0 Å². The Balaban J connectivity index is 1.75. The van der Waals surface area contributed by atoms with Crippen molar-refractivity contribution in [1.29, 1.82) is 0 Å². The second kappa shape index (κ2) is 5.50. The Labute approximate surface area is 101 Å². The Morgan fingerprint density at radius 2 is 1.75 bits per heavy atom. The Morgan fingerprint density at radius 3 is 2.31 bits per heavy atom. The highest BCUT2D eigenvalue weighted by Crippen LogP contribution is 2.24. The standard InChI is InChI=1S/C14H28N2/c1-11(2)16-9-8-13(10-16)12(3)15-14-6-4-5-7-14/h11-15H,4-10H2,1-3H3. The van der Waals surface area contributed by atoms with Gasteiger partial charge in [0.05, 0.1) is 0 Å². The average Bonchev–Trinajstić information content (AvgIpc) is 2.86. The summed E-state index contributed by atoms with van der Waals surface area (Å²) in [5, 5.41) is 3.85. The second-order valence-corrected chi connectivity index (χ2v) is 6.07. The van der Waals surface area contributed by atoms with Gasteiger partial charge in [0.2, 0.25) is 0 Å². The molecule has 2 heteroatoms. The fourth-order valence-corrected chi connectivity index (χ4v) is 3.29. The molecule has 16 heavy (non-hydrogen) atoms. The van der Waals surface area contributed by atoms with Crippen molar-refractivity contribution in [2.45, 2.75) is 71.0 Å². The highest BCUT2D eigenvalue weighted by atomic mass is 15.2. The molecule has 0 aromatic rings. The normalized spacial score (nSPS) is 30.4. The van der Waals surface area contributed by atoms with Crippen molar-refractivity contribution in [2.24, 2.45) is 5.92 Å². The van der Waals surface area contributed by atoms with Gasteiger partial charge in [-0.1, -0.05) is 12.8 Å². The molecule has 0 aromatic heterocycles. The van der Waals surface area contributed by atoms with Crippen LogP contribution >= 0.6 is 0 Å². The minimum atomic E-state index is 0.715. The SMILES string of the molecule is CC(NC1CCCC1)C1CCN(C(C)C)C1. The molecular formula is C14H28N2. The summed E-state index contributed by atoms with van der Waals surface area (Å²) in [5.74, 6) is 0.878.